The molecule has 1 atom stereocenters. The predicted octanol–water partition coefficient (Wildman–Crippen LogP) is 0.874. The number of carbonyl (C=O) groups is 1. The van der Waals surface area contributed by atoms with E-state index in [4.69, 9.17) is 4.74 Å². The Morgan fingerprint density at radius 1 is 1.36 bits per heavy atom. The van der Waals surface area contributed by atoms with Crippen LogP contribution in [0, 0.1) is 12.8 Å². The summed E-state index contributed by atoms with van der Waals surface area (Å²) in [5.41, 5.74) is 1.96. The van der Waals surface area contributed by atoms with Crippen LogP contribution in [0.2, 0.25) is 0 Å². The molecule has 0 saturated carbocycles. The van der Waals surface area contributed by atoms with Gasteiger partial charge in [-0.3, -0.25) is 9.48 Å². The molecule has 3 heterocycles. The van der Waals surface area contributed by atoms with Crippen molar-refractivity contribution in [2.45, 2.75) is 32.7 Å². The number of hydrogen-bond acceptors (Lipinski definition) is 6. The Morgan fingerprint density at radius 3 is 3.08 bits per heavy atom. The van der Waals surface area contributed by atoms with E-state index < -0.39 is 0 Å². The summed E-state index contributed by atoms with van der Waals surface area (Å²) in [5.74, 6) is 0.436. The smallest absolute Gasteiger partial charge is 0.222 e. The molecule has 0 unspecified atom stereocenters. The average Bonchev–Trinajstić information content (AvgIpc) is 3.00. The molecule has 0 spiro atoms. The molecule has 0 bridgehead atoms. The van der Waals surface area contributed by atoms with Crippen molar-refractivity contribution in [3.05, 3.63) is 36.4 Å². The van der Waals surface area contributed by atoms with Crippen molar-refractivity contribution in [1.29, 1.82) is 0 Å². The highest BCUT2D eigenvalue weighted by molar-refractivity contribution is 5.76. The van der Waals surface area contributed by atoms with Crippen LogP contribution in [0.5, 0.6) is 0 Å². The third-order valence-electron chi connectivity index (χ3n) is 4.29. The van der Waals surface area contributed by atoms with Crippen molar-refractivity contribution in [3.8, 4) is 0 Å². The Balaban J connectivity index is 1.51. The lowest BCUT2D eigenvalue weighted by molar-refractivity contribution is -0.131. The highest BCUT2D eigenvalue weighted by Crippen LogP contribution is 2.14. The first kappa shape index (κ1) is 17.5. The maximum Gasteiger partial charge on any atom is 0.222 e. The summed E-state index contributed by atoms with van der Waals surface area (Å²) in [6.07, 6.45) is 6.84. The van der Waals surface area contributed by atoms with Crippen LogP contribution in [0.4, 0.5) is 0 Å². The Morgan fingerprint density at radius 2 is 2.28 bits per heavy atom. The number of hydrogen-bond donors (Lipinski definition) is 0. The molecule has 2 aromatic rings. The van der Waals surface area contributed by atoms with Gasteiger partial charge in [-0.25, -0.2) is 15.0 Å². The number of carbonyl (C=O) groups excluding carboxylic acids is 1. The monoisotopic (exact) mass is 344 g/mol. The molecule has 0 aromatic carbocycles. The van der Waals surface area contributed by atoms with Gasteiger partial charge in [0.25, 0.3) is 0 Å². The highest BCUT2D eigenvalue weighted by Gasteiger charge is 2.23. The summed E-state index contributed by atoms with van der Waals surface area (Å²) in [7, 11) is 0. The van der Waals surface area contributed by atoms with Gasteiger partial charge >= 0.3 is 0 Å². The maximum atomic E-state index is 12.5. The second kappa shape index (κ2) is 8.66. The first-order valence-electron chi connectivity index (χ1n) is 8.66. The number of amides is 1. The zero-order chi connectivity index (χ0) is 17.5. The van der Waals surface area contributed by atoms with Crippen LogP contribution in [0.15, 0.2) is 25.0 Å². The molecular formula is C17H24N6O2. The summed E-state index contributed by atoms with van der Waals surface area (Å²) in [5, 5.41) is 4.06. The molecule has 2 aromatic heterocycles. The van der Waals surface area contributed by atoms with E-state index in [1.54, 1.807) is 17.3 Å². The molecule has 0 N–H and O–H groups in total. The van der Waals surface area contributed by atoms with E-state index in [-0.39, 0.29) is 11.8 Å². The van der Waals surface area contributed by atoms with Crippen molar-refractivity contribution in [2.75, 3.05) is 26.3 Å². The van der Waals surface area contributed by atoms with Gasteiger partial charge in [-0.1, -0.05) is 0 Å². The third-order valence-corrected chi connectivity index (χ3v) is 4.29. The lowest BCUT2D eigenvalue weighted by Gasteiger charge is -2.23. The number of aryl methyl sites for hydroxylation is 2. The van der Waals surface area contributed by atoms with E-state index in [0.717, 1.165) is 24.2 Å². The Bertz CT molecular complexity index is 676. The van der Waals surface area contributed by atoms with E-state index in [1.807, 2.05) is 17.9 Å². The van der Waals surface area contributed by atoms with E-state index in [1.165, 1.54) is 6.33 Å². The van der Waals surface area contributed by atoms with Crippen LogP contribution in [-0.2, 0) is 22.5 Å². The first-order valence-corrected chi connectivity index (χ1v) is 8.66. The number of aromatic nitrogens is 5. The number of rotatable bonds is 6. The molecule has 1 aliphatic heterocycles. The van der Waals surface area contributed by atoms with Crippen molar-refractivity contribution in [1.82, 2.24) is 29.6 Å². The minimum Gasteiger partial charge on any atom is -0.379 e. The topological polar surface area (TPSA) is 86.0 Å². The van der Waals surface area contributed by atoms with Gasteiger partial charge in [-0.2, -0.15) is 5.10 Å². The van der Waals surface area contributed by atoms with E-state index in [2.05, 4.69) is 20.1 Å². The quantitative estimate of drug-likeness (QED) is 0.773. The molecule has 25 heavy (non-hydrogen) atoms. The van der Waals surface area contributed by atoms with Gasteiger partial charge in [0, 0.05) is 43.4 Å². The fraction of sp³-hybridized carbons (Fsp3) is 0.588. The van der Waals surface area contributed by atoms with E-state index >= 15 is 0 Å². The highest BCUT2D eigenvalue weighted by atomic mass is 16.5. The molecule has 1 amide bonds. The number of nitrogens with zero attached hydrogens (tertiary/aromatic N) is 6. The minimum absolute atomic E-state index is 0.175. The molecule has 134 valence electrons. The molecule has 8 heteroatoms. The Hall–Kier alpha value is -2.35. The summed E-state index contributed by atoms with van der Waals surface area (Å²) < 4.78 is 7.44. The molecule has 0 aliphatic carbocycles. The second-order valence-corrected chi connectivity index (χ2v) is 6.40. The summed E-state index contributed by atoms with van der Waals surface area (Å²) in [6, 6.07) is 2.00. The van der Waals surface area contributed by atoms with Crippen LogP contribution in [0.3, 0.4) is 0 Å². The van der Waals surface area contributed by atoms with E-state index in [0.29, 0.717) is 39.3 Å². The van der Waals surface area contributed by atoms with Crippen LogP contribution in [0.25, 0.3) is 0 Å². The number of ether oxygens (including phenoxy) is 1. The lowest BCUT2D eigenvalue weighted by atomic mass is 10.0. The van der Waals surface area contributed by atoms with Crippen LogP contribution in [-0.4, -0.2) is 61.8 Å². The molecule has 1 aliphatic rings. The lowest BCUT2D eigenvalue weighted by Crippen LogP contribution is -2.36. The fourth-order valence-corrected chi connectivity index (χ4v) is 3.05. The predicted molar refractivity (Wildman–Crippen MR) is 90.6 cm³/mol. The van der Waals surface area contributed by atoms with Crippen molar-refractivity contribution < 1.29 is 9.53 Å². The molecular weight excluding hydrogens is 320 g/mol. The average molecular weight is 344 g/mol. The van der Waals surface area contributed by atoms with E-state index in [9.17, 15) is 4.79 Å². The zero-order valence-corrected chi connectivity index (χ0v) is 14.5. The standard InChI is InChI=1S/C17H24N6O2/c1-14-7-16(20-12-19-14)8-15-9-22(5-6-25-10-15)17(24)3-2-4-23-13-18-11-21-23/h7,11-13,15H,2-6,8-10H2,1H3/t15-/m0/s1. The summed E-state index contributed by atoms with van der Waals surface area (Å²) >= 11 is 0. The largest absolute Gasteiger partial charge is 0.379 e. The second-order valence-electron chi connectivity index (χ2n) is 6.40. The summed E-state index contributed by atoms with van der Waals surface area (Å²) in [4.78, 5) is 26.8. The van der Waals surface area contributed by atoms with Crippen molar-refractivity contribution in [3.63, 3.8) is 0 Å². The van der Waals surface area contributed by atoms with Crippen molar-refractivity contribution in [2.24, 2.45) is 5.92 Å². The van der Waals surface area contributed by atoms with Gasteiger partial charge in [0.05, 0.1) is 13.2 Å². The van der Waals surface area contributed by atoms with Crippen LogP contribution in [0.1, 0.15) is 24.2 Å². The SMILES string of the molecule is Cc1cc(C[C@@H]2COCCN(C(=O)CCCn3cncn3)C2)ncn1. The van der Waals surface area contributed by atoms with Gasteiger partial charge in [0.1, 0.15) is 19.0 Å². The molecule has 1 fully saturated rings. The normalized spacial score (nSPS) is 18.1. The maximum absolute atomic E-state index is 12.5. The van der Waals surface area contributed by atoms with Gasteiger partial charge in [0.15, 0.2) is 0 Å². The first-order chi connectivity index (χ1) is 12.2. The molecule has 1 saturated heterocycles. The minimum atomic E-state index is 0.175. The Kier molecular flexibility index (Phi) is 6.05. The van der Waals surface area contributed by atoms with Gasteiger partial charge in [0.2, 0.25) is 5.91 Å². The van der Waals surface area contributed by atoms with Crippen LogP contribution < -0.4 is 0 Å². The molecule has 3 rings (SSSR count). The molecule has 0 radical (unpaired) electrons. The Labute approximate surface area is 147 Å². The molecule has 8 nitrogen and oxygen atoms in total. The van der Waals surface area contributed by atoms with Gasteiger partial charge in [-0.15, -0.1) is 0 Å². The zero-order valence-electron chi connectivity index (χ0n) is 14.5. The van der Waals surface area contributed by atoms with Crippen molar-refractivity contribution >= 4 is 5.91 Å². The third kappa shape index (κ3) is 5.32. The van der Waals surface area contributed by atoms with Gasteiger partial charge in [-0.05, 0) is 25.8 Å². The fourth-order valence-electron chi connectivity index (χ4n) is 3.05. The van der Waals surface area contributed by atoms with Gasteiger partial charge < -0.3 is 9.64 Å². The summed E-state index contributed by atoms with van der Waals surface area (Å²) in [6.45, 7) is 5.28. The van der Waals surface area contributed by atoms with Crippen LogP contribution >= 0.6 is 0 Å².